The smallest absolute Gasteiger partial charge is 0.159 e. The van der Waals surface area contributed by atoms with Gasteiger partial charge in [-0.15, -0.1) is 0 Å². The van der Waals surface area contributed by atoms with Crippen molar-refractivity contribution in [3.8, 4) is 0 Å². The van der Waals surface area contributed by atoms with Gasteiger partial charge in [0, 0.05) is 5.56 Å². The predicted octanol–water partition coefficient (Wildman–Crippen LogP) is 3.75. The summed E-state index contributed by atoms with van der Waals surface area (Å²) in [7, 11) is 0. The Morgan fingerprint density at radius 3 is 2.37 bits per heavy atom. The van der Waals surface area contributed by atoms with Crippen LogP contribution in [0.15, 0.2) is 48.5 Å². The van der Waals surface area contributed by atoms with Crippen molar-refractivity contribution in [2.45, 2.75) is 20.1 Å². The van der Waals surface area contributed by atoms with Gasteiger partial charge in [-0.3, -0.25) is 4.79 Å². The van der Waals surface area contributed by atoms with E-state index in [1.54, 1.807) is 18.2 Å². The number of halogens is 1. The van der Waals surface area contributed by atoms with Crippen molar-refractivity contribution in [2.24, 2.45) is 0 Å². The maximum Gasteiger partial charge on any atom is 0.159 e. The van der Waals surface area contributed by atoms with E-state index in [9.17, 15) is 9.18 Å². The quantitative estimate of drug-likeness (QED) is 0.763. The van der Waals surface area contributed by atoms with Gasteiger partial charge >= 0.3 is 0 Å². The SMILES string of the molecule is CC(=O)c1ccc(COCc2cccc(F)c2)cc1. The number of Topliss-reactive ketones (excluding diaryl/α,β-unsaturated/α-hetero) is 1. The monoisotopic (exact) mass is 258 g/mol. The molecule has 0 fully saturated rings. The molecule has 0 atom stereocenters. The van der Waals surface area contributed by atoms with Gasteiger partial charge in [0.2, 0.25) is 0 Å². The van der Waals surface area contributed by atoms with Crippen LogP contribution in [0.4, 0.5) is 4.39 Å². The van der Waals surface area contributed by atoms with E-state index in [-0.39, 0.29) is 11.6 Å². The third-order valence-electron chi connectivity index (χ3n) is 2.79. The van der Waals surface area contributed by atoms with E-state index >= 15 is 0 Å². The number of hydrogen-bond donors (Lipinski definition) is 0. The molecule has 0 amide bonds. The topological polar surface area (TPSA) is 26.3 Å². The molecule has 0 spiro atoms. The van der Waals surface area contributed by atoms with Crippen molar-refractivity contribution < 1.29 is 13.9 Å². The average molecular weight is 258 g/mol. The fourth-order valence-electron chi connectivity index (χ4n) is 1.75. The molecule has 0 aliphatic heterocycles. The standard InChI is InChI=1S/C16H15FO2/c1-12(18)15-7-5-13(6-8-15)10-19-11-14-3-2-4-16(17)9-14/h2-9H,10-11H2,1H3. The van der Waals surface area contributed by atoms with Crippen LogP contribution in [0.5, 0.6) is 0 Å². The molecular formula is C16H15FO2. The zero-order valence-electron chi connectivity index (χ0n) is 10.7. The Bertz CT molecular complexity index is 561. The van der Waals surface area contributed by atoms with Crippen LogP contribution in [0, 0.1) is 5.82 Å². The Labute approximate surface area is 111 Å². The summed E-state index contributed by atoms with van der Waals surface area (Å²) in [6.45, 7) is 2.34. The van der Waals surface area contributed by atoms with Gasteiger partial charge in [0.1, 0.15) is 5.82 Å². The summed E-state index contributed by atoms with van der Waals surface area (Å²) in [6, 6.07) is 13.6. The highest BCUT2D eigenvalue weighted by molar-refractivity contribution is 5.93. The fraction of sp³-hybridized carbons (Fsp3) is 0.188. The molecule has 0 radical (unpaired) electrons. The Kier molecular flexibility index (Phi) is 4.42. The number of ketones is 1. The molecule has 0 aliphatic rings. The van der Waals surface area contributed by atoms with Crippen LogP contribution in [0.1, 0.15) is 28.4 Å². The van der Waals surface area contributed by atoms with Crippen LogP contribution < -0.4 is 0 Å². The molecule has 0 aromatic heterocycles. The highest BCUT2D eigenvalue weighted by Gasteiger charge is 2.00. The molecule has 0 saturated carbocycles. The van der Waals surface area contributed by atoms with Crippen molar-refractivity contribution in [1.29, 1.82) is 0 Å². The minimum absolute atomic E-state index is 0.0484. The second-order valence-corrected chi connectivity index (χ2v) is 4.38. The largest absolute Gasteiger partial charge is 0.372 e. The maximum atomic E-state index is 13.0. The lowest BCUT2D eigenvalue weighted by molar-refractivity contribution is 0.101. The Morgan fingerprint density at radius 2 is 1.74 bits per heavy atom. The minimum atomic E-state index is -0.257. The molecule has 0 unspecified atom stereocenters. The van der Waals surface area contributed by atoms with Crippen LogP contribution in [-0.2, 0) is 18.0 Å². The molecule has 2 aromatic rings. The summed E-state index contributed by atoms with van der Waals surface area (Å²) < 4.78 is 18.5. The highest BCUT2D eigenvalue weighted by atomic mass is 19.1. The molecule has 3 heteroatoms. The lowest BCUT2D eigenvalue weighted by Crippen LogP contribution is -1.96. The predicted molar refractivity (Wildman–Crippen MR) is 71.3 cm³/mol. The second kappa shape index (κ2) is 6.25. The van der Waals surface area contributed by atoms with Crippen LogP contribution in [0.2, 0.25) is 0 Å². The van der Waals surface area contributed by atoms with E-state index in [4.69, 9.17) is 4.74 Å². The van der Waals surface area contributed by atoms with Gasteiger partial charge in [0.05, 0.1) is 13.2 Å². The number of carbonyl (C=O) groups is 1. The number of rotatable bonds is 5. The van der Waals surface area contributed by atoms with E-state index < -0.39 is 0 Å². The number of ether oxygens (including phenoxy) is 1. The normalized spacial score (nSPS) is 10.4. The van der Waals surface area contributed by atoms with E-state index in [2.05, 4.69) is 0 Å². The molecule has 0 bridgehead atoms. The van der Waals surface area contributed by atoms with Crippen molar-refractivity contribution in [3.63, 3.8) is 0 Å². The second-order valence-electron chi connectivity index (χ2n) is 4.38. The Morgan fingerprint density at radius 1 is 1.05 bits per heavy atom. The third kappa shape index (κ3) is 4.00. The van der Waals surface area contributed by atoms with Crippen LogP contribution in [0.25, 0.3) is 0 Å². The first-order valence-electron chi connectivity index (χ1n) is 6.07. The maximum absolute atomic E-state index is 13.0. The van der Waals surface area contributed by atoms with E-state index in [1.165, 1.54) is 19.1 Å². The molecule has 0 N–H and O–H groups in total. The van der Waals surface area contributed by atoms with Gasteiger partial charge < -0.3 is 4.74 Å². The lowest BCUT2D eigenvalue weighted by atomic mass is 10.1. The zero-order valence-corrected chi connectivity index (χ0v) is 10.7. The van der Waals surface area contributed by atoms with Gasteiger partial charge in [-0.25, -0.2) is 4.39 Å². The summed E-state index contributed by atoms with van der Waals surface area (Å²) in [5.74, 6) is -0.209. The summed E-state index contributed by atoms with van der Waals surface area (Å²) in [4.78, 5) is 11.1. The Hall–Kier alpha value is -2.00. The summed E-state index contributed by atoms with van der Waals surface area (Å²) in [5, 5.41) is 0. The molecular weight excluding hydrogens is 243 g/mol. The first kappa shape index (κ1) is 13.4. The van der Waals surface area contributed by atoms with Crippen LogP contribution in [0.3, 0.4) is 0 Å². The van der Waals surface area contributed by atoms with Crippen molar-refractivity contribution in [3.05, 3.63) is 71.0 Å². The van der Waals surface area contributed by atoms with Gasteiger partial charge in [-0.2, -0.15) is 0 Å². The molecule has 0 heterocycles. The third-order valence-corrected chi connectivity index (χ3v) is 2.79. The minimum Gasteiger partial charge on any atom is -0.372 e. The molecule has 2 aromatic carbocycles. The van der Waals surface area contributed by atoms with E-state index in [1.807, 2.05) is 18.2 Å². The van der Waals surface area contributed by atoms with Crippen molar-refractivity contribution in [2.75, 3.05) is 0 Å². The molecule has 0 saturated heterocycles. The summed E-state index contributed by atoms with van der Waals surface area (Å²) >= 11 is 0. The number of carbonyl (C=O) groups excluding carboxylic acids is 1. The molecule has 98 valence electrons. The van der Waals surface area contributed by atoms with Crippen molar-refractivity contribution >= 4 is 5.78 Å². The first-order chi connectivity index (χ1) is 9.15. The molecule has 2 rings (SSSR count). The zero-order chi connectivity index (χ0) is 13.7. The molecule has 0 aliphatic carbocycles. The number of benzene rings is 2. The van der Waals surface area contributed by atoms with Crippen molar-refractivity contribution in [1.82, 2.24) is 0 Å². The lowest BCUT2D eigenvalue weighted by Gasteiger charge is -2.05. The number of hydrogen-bond acceptors (Lipinski definition) is 2. The average Bonchev–Trinajstić information content (AvgIpc) is 2.39. The summed E-state index contributed by atoms with van der Waals surface area (Å²) in [6.07, 6.45) is 0. The summed E-state index contributed by atoms with van der Waals surface area (Å²) in [5.41, 5.74) is 2.48. The van der Waals surface area contributed by atoms with Gasteiger partial charge in [0.15, 0.2) is 5.78 Å². The van der Waals surface area contributed by atoms with Crippen LogP contribution in [-0.4, -0.2) is 5.78 Å². The first-order valence-corrected chi connectivity index (χ1v) is 6.07. The highest BCUT2D eigenvalue weighted by Crippen LogP contribution is 2.09. The Balaban J connectivity index is 1.87. The van der Waals surface area contributed by atoms with Gasteiger partial charge in [-0.05, 0) is 30.2 Å². The molecule has 19 heavy (non-hydrogen) atoms. The van der Waals surface area contributed by atoms with E-state index in [0.717, 1.165) is 11.1 Å². The van der Waals surface area contributed by atoms with Gasteiger partial charge in [0.25, 0.3) is 0 Å². The fourth-order valence-corrected chi connectivity index (χ4v) is 1.75. The molecule has 2 nitrogen and oxygen atoms in total. The van der Waals surface area contributed by atoms with E-state index in [0.29, 0.717) is 18.8 Å². The van der Waals surface area contributed by atoms with Gasteiger partial charge in [-0.1, -0.05) is 36.4 Å². The van der Waals surface area contributed by atoms with Crippen LogP contribution >= 0.6 is 0 Å².